The van der Waals surface area contributed by atoms with E-state index in [0.717, 1.165) is 51.7 Å². The number of nitrogens with zero attached hydrogens (tertiary/aromatic N) is 1. The molecule has 1 aliphatic carbocycles. The second kappa shape index (κ2) is 22.6. The van der Waals surface area contributed by atoms with Crippen LogP contribution < -0.4 is 49.5 Å². The van der Waals surface area contributed by atoms with E-state index >= 15 is 0 Å². The summed E-state index contributed by atoms with van der Waals surface area (Å²) in [7, 11) is 1.66. The Bertz CT molecular complexity index is 2370. The molecule has 0 bridgehead atoms. The number of fused-ring (bicyclic) bond motifs is 2. The van der Waals surface area contributed by atoms with Gasteiger partial charge in [-0.25, -0.2) is 0 Å². The van der Waals surface area contributed by atoms with Gasteiger partial charge in [-0.3, -0.25) is 28.8 Å². The van der Waals surface area contributed by atoms with E-state index in [1.54, 1.807) is 13.2 Å². The van der Waals surface area contributed by atoms with Crippen LogP contribution in [0.25, 0.3) is 17.0 Å². The highest BCUT2D eigenvalue weighted by atomic mass is 16.2. The first kappa shape index (κ1) is 47.6. The molecule has 1 aliphatic heterocycles. The molecule has 3 heterocycles. The fourth-order valence-electron chi connectivity index (χ4n) is 8.51. The molecule has 15 N–H and O–H groups in total. The minimum absolute atomic E-state index is 0.0698. The monoisotopic (exact) mass is 890 g/mol. The van der Waals surface area contributed by atoms with E-state index in [9.17, 15) is 28.8 Å². The van der Waals surface area contributed by atoms with E-state index in [1.165, 1.54) is 11.1 Å². The maximum absolute atomic E-state index is 14.7. The molecule has 1 fully saturated rings. The number of likely N-dealkylation sites (tertiary alicyclic amines) is 1. The summed E-state index contributed by atoms with van der Waals surface area (Å²) in [5.41, 5.74) is 29.0. The summed E-state index contributed by atoms with van der Waals surface area (Å²) in [6.07, 6.45) is 12.5. The predicted molar refractivity (Wildman–Crippen MR) is 248 cm³/mol. The number of carbonyl (C=O) groups is 6. The number of primary amides is 1. The number of rotatable bonds is 23. The summed E-state index contributed by atoms with van der Waals surface area (Å²) in [4.78, 5) is 91.4. The predicted octanol–water partition coefficient (Wildman–Crippen LogP) is 0.375. The van der Waals surface area contributed by atoms with Crippen LogP contribution in [0.4, 0.5) is 0 Å². The first-order chi connectivity index (χ1) is 31.4. The third-order valence-electron chi connectivity index (χ3n) is 12.2. The van der Waals surface area contributed by atoms with Gasteiger partial charge in [0, 0.05) is 80.2 Å². The Morgan fingerprint density at radius 3 is 2.29 bits per heavy atom. The van der Waals surface area contributed by atoms with Gasteiger partial charge in [-0.05, 0) is 79.5 Å². The quantitative estimate of drug-likeness (QED) is 0.0455. The molecule has 346 valence electrons. The van der Waals surface area contributed by atoms with Crippen LogP contribution in [0.3, 0.4) is 0 Å². The van der Waals surface area contributed by atoms with Crippen molar-refractivity contribution >= 4 is 52.4 Å². The lowest BCUT2D eigenvalue weighted by molar-refractivity contribution is -0.140. The highest BCUT2D eigenvalue weighted by molar-refractivity contribution is 5.98. The zero-order valence-corrected chi connectivity index (χ0v) is 36.7. The molecule has 2 aliphatic rings. The summed E-state index contributed by atoms with van der Waals surface area (Å²) in [5, 5.41) is 15.1. The number of nitrogens with one attached hydrogen (secondary N) is 7. The highest BCUT2D eigenvalue weighted by Crippen LogP contribution is 2.26. The molecule has 0 unspecified atom stereocenters. The molecule has 6 atom stereocenters. The zero-order chi connectivity index (χ0) is 46.5. The van der Waals surface area contributed by atoms with E-state index < -0.39 is 71.7 Å². The van der Waals surface area contributed by atoms with E-state index in [0.29, 0.717) is 25.1 Å². The van der Waals surface area contributed by atoms with Crippen LogP contribution in [0.15, 0.2) is 85.0 Å². The summed E-state index contributed by atoms with van der Waals surface area (Å²) in [6.45, 7) is 0.511. The van der Waals surface area contributed by atoms with Crippen molar-refractivity contribution in [2.75, 3.05) is 20.1 Å². The number of unbranched alkanes of at least 4 members (excludes halogenated alkanes) is 1. The maximum Gasteiger partial charge on any atom is 0.245 e. The molecule has 6 amide bonds. The van der Waals surface area contributed by atoms with Crippen LogP contribution in [0, 0.1) is 0 Å². The first-order valence-corrected chi connectivity index (χ1v) is 22.2. The number of allylic oxidation sites excluding steroid dienone is 1. The lowest BCUT2D eigenvalue weighted by atomic mass is 9.96. The van der Waals surface area contributed by atoms with Gasteiger partial charge in [0.1, 0.15) is 30.2 Å². The van der Waals surface area contributed by atoms with Crippen LogP contribution in [-0.4, -0.2) is 107 Å². The van der Waals surface area contributed by atoms with Crippen LogP contribution in [0.5, 0.6) is 0 Å². The van der Waals surface area contributed by atoms with E-state index in [-0.39, 0.29) is 45.1 Å². The second-order valence-corrected chi connectivity index (χ2v) is 16.6. The number of carbonyl (C=O) groups excluding carboxylic acids is 6. The van der Waals surface area contributed by atoms with Crippen molar-refractivity contribution < 1.29 is 28.8 Å². The van der Waals surface area contributed by atoms with Crippen molar-refractivity contribution in [1.29, 1.82) is 0 Å². The number of amides is 6. The third kappa shape index (κ3) is 12.2. The maximum atomic E-state index is 14.7. The number of aromatic nitrogens is 2. The van der Waals surface area contributed by atoms with E-state index in [1.807, 2.05) is 66.9 Å². The number of para-hydroxylation sites is 1. The number of hydrogen-bond donors (Lipinski definition) is 11. The van der Waals surface area contributed by atoms with Crippen molar-refractivity contribution in [3.63, 3.8) is 0 Å². The van der Waals surface area contributed by atoms with Gasteiger partial charge in [0.05, 0.1) is 6.04 Å². The van der Waals surface area contributed by atoms with E-state index in [2.05, 4.69) is 42.6 Å². The number of nitrogens with two attached hydrogens (primary N) is 4. The second-order valence-electron chi connectivity index (χ2n) is 16.6. The Labute approximate surface area is 378 Å². The van der Waals surface area contributed by atoms with Crippen molar-refractivity contribution in [2.24, 2.45) is 22.9 Å². The molecule has 0 spiro atoms. The lowest BCUT2D eigenvalue weighted by Crippen LogP contribution is -2.58. The lowest BCUT2D eigenvalue weighted by Gasteiger charge is -2.30. The summed E-state index contributed by atoms with van der Waals surface area (Å²) in [5.74, 6) is -3.61. The van der Waals surface area contributed by atoms with Crippen LogP contribution in [0.1, 0.15) is 66.5 Å². The number of H-pyrrole nitrogens is 2. The SMILES string of the molecule is CN/C(=C\N)C[C@H](N)C(=O)N[C@H](Cc1c[nH]c2c1CCC=C2)C(=O)N[C@H]1CCN([C@@H](Cc2c[nH]c3ccccc23)C(=O)N[C@@H](Cc2ccccc2)C(=O)N[C@@H](CCCCN)C(N)=O)C1=O. The molecule has 1 saturated heterocycles. The van der Waals surface area contributed by atoms with Crippen molar-refractivity contribution in [3.05, 3.63) is 113 Å². The molecular weight excluding hydrogens is 829 g/mol. The smallest absolute Gasteiger partial charge is 0.245 e. The molecule has 0 saturated carbocycles. The normalized spacial score (nSPS) is 17.1. The Morgan fingerprint density at radius 1 is 0.846 bits per heavy atom. The van der Waals surface area contributed by atoms with Gasteiger partial charge in [0.25, 0.3) is 0 Å². The molecule has 18 nitrogen and oxygen atoms in total. The average molecular weight is 891 g/mol. The van der Waals surface area contributed by atoms with Gasteiger partial charge >= 0.3 is 0 Å². The molecular formula is C47H62N12O6. The van der Waals surface area contributed by atoms with Crippen molar-refractivity contribution in [3.8, 4) is 0 Å². The Hall–Kier alpha value is -6.92. The Kier molecular flexibility index (Phi) is 16.6. The fourth-order valence-corrected chi connectivity index (χ4v) is 8.51. The van der Waals surface area contributed by atoms with Gasteiger partial charge < -0.3 is 64.4 Å². The Morgan fingerprint density at radius 2 is 1.55 bits per heavy atom. The minimum atomic E-state index is -1.16. The van der Waals surface area contributed by atoms with Crippen LogP contribution in [0.2, 0.25) is 0 Å². The van der Waals surface area contributed by atoms with Gasteiger partial charge in [0.2, 0.25) is 35.4 Å². The highest BCUT2D eigenvalue weighted by Gasteiger charge is 2.42. The standard InChI is InChI=1S/C47H62N12O6/c1-52-31(25-49)24-34(50)43(61)57-40(22-29-26-53-35-15-7-5-13-32(29)35)45(63)56-38-18-20-59(47(38)65)41(23-30-27-54-36-16-8-6-14-33(30)36)46(64)58-39(21-28-11-3-2-4-12-28)44(62)55-37(42(51)60)17-9-10-19-48/h2-4,6-8,11-12,14-16,25-27,34,37-41,52-54H,5,9-10,13,17-24,48-50H2,1H3,(H2,51,60)(H,55,62)(H,56,63)(H,57,61)(H,58,64)/b31-25-/t34-,37-,38-,39-,40+,41-/m0/s1. The van der Waals surface area contributed by atoms with Crippen molar-refractivity contribution in [1.82, 2.24) is 41.5 Å². The Balaban J connectivity index is 1.25. The summed E-state index contributed by atoms with van der Waals surface area (Å²) >= 11 is 0. The van der Waals surface area contributed by atoms with Gasteiger partial charge in [-0.15, -0.1) is 0 Å². The van der Waals surface area contributed by atoms with E-state index in [4.69, 9.17) is 22.9 Å². The number of hydrogen-bond acceptors (Lipinski definition) is 10. The zero-order valence-electron chi connectivity index (χ0n) is 36.7. The topological polar surface area (TPSA) is 301 Å². The molecule has 65 heavy (non-hydrogen) atoms. The van der Waals surface area contributed by atoms with Crippen LogP contribution >= 0.6 is 0 Å². The summed E-state index contributed by atoms with van der Waals surface area (Å²) < 4.78 is 0. The molecule has 2 aromatic heterocycles. The summed E-state index contributed by atoms with van der Waals surface area (Å²) in [6, 6.07) is 10.2. The molecule has 2 aromatic carbocycles. The average Bonchev–Trinajstić information content (AvgIpc) is 4.03. The number of benzene rings is 2. The third-order valence-corrected chi connectivity index (χ3v) is 12.2. The molecule has 4 aromatic rings. The fraction of sp³-hybridized carbons (Fsp3) is 0.404. The van der Waals surface area contributed by atoms with Crippen LogP contribution in [-0.2, 0) is 54.5 Å². The number of aromatic amines is 2. The van der Waals surface area contributed by atoms with Gasteiger partial charge in [-0.2, -0.15) is 0 Å². The largest absolute Gasteiger partial charge is 0.403 e. The first-order valence-electron chi connectivity index (χ1n) is 22.2. The van der Waals surface area contributed by atoms with Gasteiger partial charge in [0.15, 0.2) is 0 Å². The van der Waals surface area contributed by atoms with Crippen molar-refractivity contribution in [2.45, 2.75) is 100 Å². The minimum Gasteiger partial charge on any atom is -0.403 e. The molecule has 6 rings (SSSR count). The van der Waals surface area contributed by atoms with Gasteiger partial charge in [-0.1, -0.05) is 54.6 Å². The molecule has 0 radical (unpaired) electrons. The molecule has 18 heteroatoms.